The van der Waals surface area contributed by atoms with Crippen LogP contribution in [0.3, 0.4) is 0 Å². The van der Waals surface area contributed by atoms with Gasteiger partial charge in [-0.15, -0.1) is 10.2 Å². The van der Waals surface area contributed by atoms with Gasteiger partial charge in [0, 0.05) is 10.8 Å². The molecule has 18 heavy (non-hydrogen) atoms. The second kappa shape index (κ2) is 3.23. The number of hydrogen-bond donors (Lipinski definition) is 0. The minimum Gasteiger partial charge on any atom is -0.265 e. The fraction of sp³-hybridized carbons (Fsp3) is 0. The molecule has 0 aromatic heterocycles. The van der Waals surface area contributed by atoms with Gasteiger partial charge in [0.05, 0.1) is 5.56 Å². The van der Waals surface area contributed by atoms with Gasteiger partial charge >= 0.3 is 0 Å². The highest BCUT2D eigenvalue weighted by atomic mass is 16.1. The zero-order chi connectivity index (χ0) is 12.1. The van der Waals surface area contributed by atoms with Crippen molar-refractivity contribution in [3.05, 3.63) is 54.1 Å². The first-order chi connectivity index (χ1) is 8.84. The molecule has 0 atom stereocenters. The molecule has 1 aliphatic heterocycles. The van der Waals surface area contributed by atoms with Gasteiger partial charge in [-0.05, 0) is 22.9 Å². The van der Waals surface area contributed by atoms with E-state index in [9.17, 15) is 4.79 Å². The van der Waals surface area contributed by atoms with E-state index in [2.05, 4.69) is 16.3 Å². The summed E-state index contributed by atoms with van der Waals surface area (Å²) in [5.74, 6) is -0.261. The number of hydrogen-bond acceptors (Lipinski definition) is 2. The van der Waals surface area contributed by atoms with Gasteiger partial charge in [0.25, 0.3) is 5.91 Å². The first-order valence-corrected chi connectivity index (χ1v) is 5.75. The van der Waals surface area contributed by atoms with E-state index >= 15 is 0 Å². The zero-order valence-electron chi connectivity index (χ0n) is 9.42. The van der Waals surface area contributed by atoms with E-state index in [1.165, 1.54) is 0 Å². The quantitative estimate of drug-likeness (QED) is 0.535. The second-order valence-corrected chi connectivity index (χ2v) is 4.36. The van der Waals surface area contributed by atoms with Crippen LogP contribution in [0.4, 0.5) is 5.69 Å². The Morgan fingerprint density at radius 1 is 0.833 bits per heavy atom. The Labute approximate surface area is 103 Å². The van der Waals surface area contributed by atoms with E-state index in [4.69, 9.17) is 0 Å². The van der Waals surface area contributed by atoms with Gasteiger partial charge in [-0.2, -0.15) is 0 Å². The van der Waals surface area contributed by atoms with Gasteiger partial charge in [0.2, 0.25) is 0 Å². The van der Waals surface area contributed by atoms with Crippen LogP contribution in [-0.2, 0) is 0 Å². The average molecular weight is 232 g/mol. The van der Waals surface area contributed by atoms with E-state index in [1.54, 1.807) is 6.07 Å². The molecular weight excluding hydrogens is 224 g/mol. The summed E-state index contributed by atoms with van der Waals surface area (Å²) in [6.45, 7) is 0. The van der Waals surface area contributed by atoms with Gasteiger partial charge in [0.1, 0.15) is 5.69 Å². The molecule has 0 bridgehead atoms. The molecule has 3 aromatic carbocycles. The number of nitrogens with zero attached hydrogens (tertiary/aromatic N) is 2. The van der Waals surface area contributed by atoms with E-state index in [0.717, 1.165) is 27.2 Å². The second-order valence-electron chi connectivity index (χ2n) is 4.36. The summed E-state index contributed by atoms with van der Waals surface area (Å²) in [5.41, 5.74) is 1.45. The first kappa shape index (κ1) is 9.48. The maximum Gasteiger partial charge on any atom is 0.296 e. The summed E-state index contributed by atoms with van der Waals surface area (Å²) in [6.07, 6.45) is 0. The highest BCUT2D eigenvalue weighted by Gasteiger charge is 2.19. The van der Waals surface area contributed by atoms with Crippen LogP contribution in [-0.4, -0.2) is 5.91 Å². The number of fused-ring (bicyclic) bond motifs is 2. The Hall–Kier alpha value is -2.55. The summed E-state index contributed by atoms with van der Waals surface area (Å²) in [6, 6.07) is 15.8. The van der Waals surface area contributed by atoms with Crippen LogP contribution < -0.4 is 0 Å². The monoisotopic (exact) mass is 232 g/mol. The standard InChI is InChI=1S/C15H8N2O/c18-15-12-7-3-5-10-8-9-4-1-2-6-11(9)14(13(10)12)16-17-15/h1-8H. The number of rotatable bonds is 0. The SMILES string of the molecule is O=C1N=Nc2c3ccccc3cc3cccc1c23. The van der Waals surface area contributed by atoms with Gasteiger partial charge in [-0.3, -0.25) is 4.79 Å². The minimum absolute atomic E-state index is 0.261. The number of carbonyl (C=O) groups excluding carboxylic acids is 1. The number of azo groups is 1. The lowest BCUT2D eigenvalue weighted by molar-refractivity contribution is 0.0995. The largest absolute Gasteiger partial charge is 0.296 e. The molecule has 0 saturated heterocycles. The van der Waals surface area contributed by atoms with Crippen LogP contribution >= 0.6 is 0 Å². The zero-order valence-corrected chi connectivity index (χ0v) is 9.42. The van der Waals surface area contributed by atoms with E-state index in [1.807, 2.05) is 36.4 Å². The molecular formula is C15H8N2O. The van der Waals surface area contributed by atoms with E-state index < -0.39 is 0 Å². The maximum atomic E-state index is 11.7. The minimum atomic E-state index is -0.261. The lowest BCUT2D eigenvalue weighted by atomic mass is 9.96. The van der Waals surface area contributed by atoms with E-state index in [0.29, 0.717) is 5.56 Å². The third kappa shape index (κ3) is 1.10. The predicted molar refractivity (Wildman–Crippen MR) is 70.3 cm³/mol. The highest BCUT2D eigenvalue weighted by molar-refractivity contribution is 6.19. The molecule has 84 valence electrons. The van der Waals surface area contributed by atoms with Crippen LogP contribution in [0.15, 0.2) is 58.8 Å². The van der Waals surface area contributed by atoms with Crippen molar-refractivity contribution < 1.29 is 4.79 Å². The lowest BCUT2D eigenvalue weighted by Crippen LogP contribution is -1.99. The predicted octanol–water partition coefficient (Wildman–Crippen LogP) is 4.23. The van der Waals surface area contributed by atoms with Crippen molar-refractivity contribution in [2.75, 3.05) is 0 Å². The van der Waals surface area contributed by atoms with Gasteiger partial charge in [0.15, 0.2) is 0 Å². The van der Waals surface area contributed by atoms with Gasteiger partial charge in [-0.25, -0.2) is 0 Å². The van der Waals surface area contributed by atoms with Crippen molar-refractivity contribution in [3.8, 4) is 0 Å². The van der Waals surface area contributed by atoms with Crippen molar-refractivity contribution in [1.29, 1.82) is 0 Å². The summed E-state index contributed by atoms with van der Waals surface area (Å²) < 4.78 is 0. The average Bonchev–Trinajstić information content (AvgIpc) is 2.42. The normalized spacial score (nSPS) is 13.4. The number of carbonyl (C=O) groups is 1. The molecule has 0 spiro atoms. The summed E-state index contributed by atoms with van der Waals surface area (Å²) in [4.78, 5) is 11.7. The molecule has 1 aliphatic rings. The molecule has 0 saturated carbocycles. The van der Waals surface area contributed by atoms with Crippen molar-refractivity contribution in [2.45, 2.75) is 0 Å². The summed E-state index contributed by atoms with van der Waals surface area (Å²) >= 11 is 0. The molecule has 0 fully saturated rings. The van der Waals surface area contributed by atoms with Crippen LogP contribution in [0.25, 0.3) is 21.5 Å². The Morgan fingerprint density at radius 3 is 2.61 bits per heavy atom. The Morgan fingerprint density at radius 2 is 1.67 bits per heavy atom. The smallest absolute Gasteiger partial charge is 0.265 e. The molecule has 0 N–H and O–H groups in total. The summed E-state index contributed by atoms with van der Waals surface area (Å²) in [5, 5.41) is 11.9. The first-order valence-electron chi connectivity index (χ1n) is 5.75. The Balaban J connectivity index is 2.34. The molecule has 0 unspecified atom stereocenters. The number of benzene rings is 3. The van der Waals surface area contributed by atoms with Crippen molar-refractivity contribution in [3.63, 3.8) is 0 Å². The summed E-state index contributed by atoms with van der Waals surface area (Å²) in [7, 11) is 0. The third-order valence-corrected chi connectivity index (χ3v) is 3.33. The fourth-order valence-corrected chi connectivity index (χ4v) is 2.53. The van der Waals surface area contributed by atoms with Gasteiger partial charge in [-0.1, -0.05) is 36.4 Å². The molecule has 0 radical (unpaired) electrons. The molecule has 1 heterocycles. The van der Waals surface area contributed by atoms with Crippen LogP contribution in [0.2, 0.25) is 0 Å². The molecule has 4 rings (SSSR count). The van der Waals surface area contributed by atoms with Crippen LogP contribution in [0.1, 0.15) is 10.4 Å². The Bertz CT molecular complexity index is 850. The Kier molecular flexibility index (Phi) is 1.70. The third-order valence-electron chi connectivity index (χ3n) is 3.33. The number of amides is 1. The maximum absolute atomic E-state index is 11.7. The van der Waals surface area contributed by atoms with Crippen LogP contribution in [0.5, 0.6) is 0 Å². The van der Waals surface area contributed by atoms with E-state index in [-0.39, 0.29) is 5.91 Å². The lowest BCUT2D eigenvalue weighted by Gasteiger charge is -2.12. The van der Waals surface area contributed by atoms with Gasteiger partial charge < -0.3 is 0 Å². The van der Waals surface area contributed by atoms with Crippen molar-refractivity contribution in [1.82, 2.24) is 0 Å². The van der Waals surface area contributed by atoms with Crippen molar-refractivity contribution in [2.24, 2.45) is 10.2 Å². The molecule has 1 amide bonds. The molecule has 0 aliphatic carbocycles. The van der Waals surface area contributed by atoms with Crippen LogP contribution in [0, 0.1) is 0 Å². The molecule has 3 heteroatoms. The highest BCUT2D eigenvalue weighted by Crippen LogP contribution is 2.39. The molecule has 3 nitrogen and oxygen atoms in total. The topological polar surface area (TPSA) is 41.8 Å². The molecule has 3 aromatic rings. The van der Waals surface area contributed by atoms with Crippen molar-refractivity contribution >= 4 is 33.1 Å². The fourth-order valence-electron chi connectivity index (χ4n) is 2.53.